The number of aromatic nitrogens is 1. The molecule has 0 aliphatic rings. The van der Waals surface area contributed by atoms with Crippen molar-refractivity contribution >= 4 is 23.4 Å². The first-order chi connectivity index (χ1) is 12.2. The van der Waals surface area contributed by atoms with E-state index in [0.717, 1.165) is 0 Å². The monoisotopic (exact) mass is 360 g/mol. The summed E-state index contributed by atoms with van der Waals surface area (Å²) in [6.07, 6.45) is 0.267. The summed E-state index contributed by atoms with van der Waals surface area (Å²) in [4.78, 5) is 50.5. The van der Waals surface area contributed by atoms with Crippen LogP contribution >= 0.6 is 0 Å². The second kappa shape index (κ2) is 7.81. The Kier molecular flexibility index (Phi) is 5.76. The summed E-state index contributed by atoms with van der Waals surface area (Å²) in [5, 5.41) is 2.34. The number of esters is 1. The topological polar surface area (TPSA) is 118 Å². The molecule has 0 aliphatic heterocycles. The second-order valence-electron chi connectivity index (χ2n) is 5.84. The summed E-state index contributed by atoms with van der Waals surface area (Å²) >= 11 is 0. The Labute approximate surface area is 149 Å². The fourth-order valence-corrected chi connectivity index (χ4v) is 2.67. The molecule has 1 amide bonds. The lowest BCUT2D eigenvalue weighted by atomic mass is 10.0. The van der Waals surface area contributed by atoms with E-state index in [4.69, 9.17) is 9.15 Å². The number of amides is 1. The van der Waals surface area contributed by atoms with Crippen LogP contribution in [0.3, 0.4) is 0 Å². The number of nitrogens with one attached hydrogen (secondary N) is 2. The van der Waals surface area contributed by atoms with Crippen LogP contribution in [0.15, 0.2) is 22.8 Å². The van der Waals surface area contributed by atoms with Gasteiger partial charge in [0.15, 0.2) is 17.6 Å². The Hall–Kier alpha value is -3.16. The number of furan rings is 1. The molecule has 8 heteroatoms. The van der Waals surface area contributed by atoms with E-state index >= 15 is 0 Å². The van der Waals surface area contributed by atoms with Gasteiger partial charge in [-0.15, -0.1) is 0 Å². The van der Waals surface area contributed by atoms with Gasteiger partial charge in [0.1, 0.15) is 6.54 Å². The van der Waals surface area contributed by atoms with Crippen LogP contribution in [-0.2, 0) is 9.53 Å². The van der Waals surface area contributed by atoms with Crippen molar-refractivity contribution in [1.82, 2.24) is 10.3 Å². The first-order valence-corrected chi connectivity index (χ1v) is 7.97. The summed E-state index contributed by atoms with van der Waals surface area (Å²) in [6, 6.07) is 3.00. The Morgan fingerprint density at radius 2 is 1.96 bits per heavy atom. The van der Waals surface area contributed by atoms with Crippen LogP contribution in [0.1, 0.15) is 56.5 Å². The molecule has 0 radical (unpaired) electrons. The molecule has 0 aromatic carbocycles. The molecule has 0 bridgehead atoms. The van der Waals surface area contributed by atoms with Crippen molar-refractivity contribution < 1.29 is 28.3 Å². The number of rotatable bonds is 7. The molecule has 138 valence electrons. The van der Waals surface area contributed by atoms with E-state index in [1.54, 1.807) is 19.9 Å². The van der Waals surface area contributed by atoms with E-state index in [2.05, 4.69) is 10.3 Å². The van der Waals surface area contributed by atoms with Gasteiger partial charge in [-0.25, -0.2) is 0 Å². The minimum absolute atomic E-state index is 0.0659. The summed E-state index contributed by atoms with van der Waals surface area (Å²) in [6.45, 7) is 5.80. The first-order valence-electron chi connectivity index (χ1n) is 7.97. The number of carbonyl (C=O) groups is 4. The third kappa shape index (κ3) is 4.08. The van der Waals surface area contributed by atoms with Gasteiger partial charge in [-0.1, -0.05) is 0 Å². The number of Topliss-reactive ketones (excluding diaryl/α,β-unsaturated/α-hetero) is 2. The van der Waals surface area contributed by atoms with Crippen molar-refractivity contribution in [3.05, 3.63) is 46.7 Å². The van der Waals surface area contributed by atoms with Crippen LogP contribution in [-0.4, -0.2) is 41.1 Å². The molecular formula is C18H20N2O6. The van der Waals surface area contributed by atoms with Crippen LogP contribution in [0.2, 0.25) is 0 Å². The van der Waals surface area contributed by atoms with Crippen LogP contribution in [0.5, 0.6) is 0 Å². The third-order valence-electron chi connectivity index (χ3n) is 3.85. The molecule has 0 fully saturated rings. The van der Waals surface area contributed by atoms with Gasteiger partial charge >= 0.3 is 5.97 Å². The number of ether oxygens (including phenoxy) is 1. The highest BCUT2D eigenvalue weighted by Crippen LogP contribution is 2.20. The molecule has 8 nitrogen and oxygen atoms in total. The highest BCUT2D eigenvalue weighted by molar-refractivity contribution is 6.05. The van der Waals surface area contributed by atoms with Crippen LogP contribution in [0.25, 0.3) is 0 Å². The molecule has 2 N–H and O–H groups in total. The predicted molar refractivity (Wildman–Crippen MR) is 91.2 cm³/mol. The van der Waals surface area contributed by atoms with Gasteiger partial charge in [0, 0.05) is 11.3 Å². The van der Waals surface area contributed by atoms with Gasteiger partial charge in [-0.2, -0.15) is 0 Å². The van der Waals surface area contributed by atoms with Gasteiger partial charge in [0.2, 0.25) is 5.78 Å². The zero-order chi connectivity index (χ0) is 19.4. The quantitative estimate of drug-likeness (QED) is 0.576. The van der Waals surface area contributed by atoms with Gasteiger partial charge in [0.05, 0.1) is 12.0 Å². The predicted octanol–water partition coefficient (Wildman–Crippen LogP) is 1.97. The zero-order valence-corrected chi connectivity index (χ0v) is 15.0. The molecule has 2 aromatic rings. The zero-order valence-electron chi connectivity index (χ0n) is 15.0. The van der Waals surface area contributed by atoms with Crippen molar-refractivity contribution in [3.8, 4) is 0 Å². The summed E-state index contributed by atoms with van der Waals surface area (Å²) < 4.78 is 9.96. The fraction of sp³-hybridized carbons (Fsp3) is 0.333. The lowest BCUT2D eigenvalue weighted by Gasteiger charge is -2.12. The van der Waals surface area contributed by atoms with Gasteiger partial charge in [0.25, 0.3) is 5.91 Å². The van der Waals surface area contributed by atoms with Crippen molar-refractivity contribution in [2.75, 3.05) is 6.54 Å². The van der Waals surface area contributed by atoms with Crippen molar-refractivity contribution in [2.24, 2.45) is 0 Å². The third-order valence-corrected chi connectivity index (χ3v) is 3.85. The Morgan fingerprint density at radius 3 is 2.50 bits per heavy atom. The highest BCUT2D eigenvalue weighted by atomic mass is 16.5. The maximum absolute atomic E-state index is 12.5. The van der Waals surface area contributed by atoms with E-state index in [1.807, 2.05) is 0 Å². The number of hydrogen-bond acceptors (Lipinski definition) is 6. The van der Waals surface area contributed by atoms with Crippen molar-refractivity contribution in [1.29, 1.82) is 0 Å². The molecular weight excluding hydrogens is 340 g/mol. The average Bonchev–Trinajstić information content (AvgIpc) is 3.20. The Morgan fingerprint density at radius 1 is 1.27 bits per heavy atom. The van der Waals surface area contributed by atoms with Crippen LogP contribution < -0.4 is 5.32 Å². The number of aromatic amines is 1. The smallest absolute Gasteiger partial charge is 0.326 e. The summed E-state index contributed by atoms with van der Waals surface area (Å²) in [5.74, 6) is -1.87. The fourth-order valence-electron chi connectivity index (χ4n) is 2.67. The number of ketones is 2. The normalized spacial score (nSPS) is 11.7. The van der Waals surface area contributed by atoms with Crippen LogP contribution in [0, 0.1) is 13.8 Å². The van der Waals surface area contributed by atoms with Gasteiger partial charge in [-0.3, -0.25) is 19.2 Å². The van der Waals surface area contributed by atoms with E-state index in [0.29, 0.717) is 16.8 Å². The minimum atomic E-state index is -1.07. The number of carbonyl (C=O) groups excluding carboxylic acids is 4. The number of aryl methyl sites for hydroxylation is 1. The Balaban J connectivity index is 1.96. The summed E-state index contributed by atoms with van der Waals surface area (Å²) in [5.41, 5.74) is 1.79. The SMILES string of the molecule is CC(=O)c1c(C)[nH]c(C(=O)[C@H](C)OC(=O)CNC(=O)c2ccco2)c1C. The van der Waals surface area contributed by atoms with Gasteiger partial charge < -0.3 is 19.5 Å². The molecule has 0 spiro atoms. The molecule has 0 saturated heterocycles. The lowest BCUT2D eigenvalue weighted by Crippen LogP contribution is -2.34. The van der Waals surface area contributed by atoms with E-state index < -0.39 is 30.3 Å². The molecule has 0 unspecified atom stereocenters. The molecule has 26 heavy (non-hydrogen) atoms. The average molecular weight is 360 g/mol. The molecule has 1 atom stereocenters. The molecule has 2 rings (SSSR count). The van der Waals surface area contributed by atoms with Crippen LogP contribution in [0.4, 0.5) is 0 Å². The van der Waals surface area contributed by atoms with E-state index in [9.17, 15) is 19.2 Å². The maximum Gasteiger partial charge on any atom is 0.326 e. The van der Waals surface area contributed by atoms with Crippen molar-refractivity contribution in [2.45, 2.75) is 33.8 Å². The second-order valence-corrected chi connectivity index (χ2v) is 5.84. The first kappa shape index (κ1) is 19.2. The van der Waals surface area contributed by atoms with E-state index in [-0.39, 0.29) is 17.2 Å². The van der Waals surface area contributed by atoms with Crippen molar-refractivity contribution in [3.63, 3.8) is 0 Å². The summed E-state index contributed by atoms with van der Waals surface area (Å²) in [7, 11) is 0. The molecule has 2 heterocycles. The standard InChI is InChI=1S/C18H20N2O6/c1-9-15(11(3)21)10(2)20-16(9)17(23)12(4)26-14(22)8-19-18(24)13-6-5-7-25-13/h5-7,12,20H,8H2,1-4H3,(H,19,24)/t12-/m0/s1. The van der Waals surface area contributed by atoms with E-state index in [1.165, 1.54) is 26.2 Å². The molecule has 0 aliphatic carbocycles. The molecule has 0 saturated carbocycles. The number of hydrogen-bond donors (Lipinski definition) is 2. The largest absolute Gasteiger partial charge is 0.459 e. The highest BCUT2D eigenvalue weighted by Gasteiger charge is 2.26. The van der Waals surface area contributed by atoms with Gasteiger partial charge in [-0.05, 0) is 45.4 Å². The molecule has 2 aromatic heterocycles. The maximum atomic E-state index is 12.5. The Bertz CT molecular complexity index is 847. The number of H-pyrrole nitrogens is 1. The minimum Gasteiger partial charge on any atom is -0.459 e. The lowest BCUT2D eigenvalue weighted by molar-refractivity contribution is -0.145.